The number of nitro benzene ring substituents is 1. The van der Waals surface area contributed by atoms with Crippen molar-refractivity contribution in [2.24, 2.45) is 0 Å². The molecule has 0 unspecified atom stereocenters. The molecular weight excluding hydrogens is 278 g/mol. The lowest BCUT2D eigenvalue weighted by atomic mass is 9.96. The number of halogens is 1. The molecule has 6 heteroatoms. The van der Waals surface area contributed by atoms with Gasteiger partial charge in [-0.05, 0) is 33.0 Å². The maximum Gasteiger partial charge on any atom is 0.271 e. The predicted molar refractivity (Wildman–Crippen MR) is 81.5 cm³/mol. The standard InChI is InChI=1S/C14H20ClN3O2/c1-17(2)14(7-3-4-8-14)10-16-13-6-5-11(18(19)20)9-12(13)15/h5-6,9,16H,3-4,7-8,10H2,1-2H3. The third kappa shape index (κ3) is 3.04. The molecule has 1 N–H and O–H groups in total. The van der Waals surface area contributed by atoms with Crippen LogP contribution in [0.3, 0.4) is 0 Å². The highest BCUT2D eigenvalue weighted by atomic mass is 35.5. The number of nitrogens with one attached hydrogen (secondary N) is 1. The summed E-state index contributed by atoms with van der Waals surface area (Å²) >= 11 is 6.10. The Morgan fingerprint density at radius 3 is 2.55 bits per heavy atom. The van der Waals surface area contributed by atoms with E-state index in [-0.39, 0.29) is 11.2 Å². The number of anilines is 1. The minimum absolute atomic E-state index is 0.0174. The van der Waals surface area contributed by atoms with Crippen molar-refractivity contribution in [1.82, 2.24) is 4.90 Å². The number of non-ortho nitro benzene ring substituents is 1. The van der Waals surface area contributed by atoms with Gasteiger partial charge in [0.25, 0.3) is 5.69 Å². The van der Waals surface area contributed by atoms with Crippen LogP contribution in [0.1, 0.15) is 25.7 Å². The number of hydrogen-bond acceptors (Lipinski definition) is 4. The van der Waals surface area contributed by atoms with E-state index in [0.717, 1.165) is 25.1 Å². The number of benzene rings is 1. The minimum Gasteiger partial charge on any atom is -0.382 e. The first-order chi connectivity index (χ1) is 9.44. The van der Waals surface area contributed by atoms with Crippen LogP contribution in [0.5, 0.6) is 0 Å². The Morgan fingerprint density at radius 2 is 2.05 bits per heavy atom. The lowest BCUT2D eigenvalue weighted by Gasteiger charge is -2.37. The van der Waals surface area contributed by atoms with E-state index < -0.39 is 4.92 Å². The van der Waals surface area contributed by atoms with Crippen LogP contribution < -0.4 is 5.32 Å². The van der Waals surface area contributed by atoms with Crippen molar-refractivity contribution in [2.75, 3.05) is 26.0 Å². The molecule has 0 radical (unpaired) electrons. The smallest absolute Gasteiger partial charge is 0.271 e. The zero-order chi connectivity index (χ0) is 14.8. The zero-order valence-corrected chi connectivity index (χ0v) is 12.6. The monoisotopic (exact) mass is 297 g/mol. The maximum atomic E-state index is 10.7. The van der Waals surface area contributed by atoms with Crippen LogP contribution in [-0.2, 0) is 0 Å². The fourth-order valence-electron chi connectivity index (χ4n) is 2.84. The van der Waals surface area contributed by atoms with Crippen LogP contribution in [0.25, 0.3) is 0 Å². The number of rotatable bonds is 5. The Bertz CT molecular complexity index is 499. The summed E-state index contributed by atoms with van der Waals surface area (Å²) in [7, 11) is 4.20. The van der Waals surface area contributed by atoms with Crippen molar-refractivity contribution in [2.45, 2.75) is 31.2 Å². The van der Waals surface area contributed by atoms with Gasteiger partial charge < -0.3 is 10.2 Å². The van der Waals surface area contributed by atoms with Crippen LogP contribution in [0.15, 0.2) is 18.2 Å². The summed E-state index contributed by atoms with van der Waals surface area (Å²) in [5, 5.41) is 14.4. The van der Waals surface area contributed by atoms with Crippen LogP contribution >= 0.6 is 11.6 Å². The topological polar surface area (TPSA) is 58.4 Å². The largest absolute Gasteiger partial charge is 0.382 e. The summed E-state index contributed by atoms with van der Waals surface area (Å²) in [6, 6.07) is 4.55. The highest BCUT2D eigenvalue weighted by Crippen LogP contribution is 2.35. The lowest BCUT2D eigenvalue weighted by Crippen LogP contribution is -2.47. The molecule has 1 aromatic carbocycles. The molecule has 1 fully saturated rings. The summed E-state index contributed by atoms with van der Waals surface area (Å²) in [5.74, 6) is 0. The van der Waals surface area contributed by atoms with E-state index in [2.05, 4.69) is 24.3 Å². The number of nitrogens with zero attached hydrogens (tertiary/aromatic N) is 2. The Kier molecular flexibility index (Phi) is 4.50. The Balaban J connectivity index is 2.09. The summed E-state index contributed by atoms with van der Waals surface area (Å²) < 4.78 is 0. The van der Waals surface area contributed by atoms with Gasteiger partial charge in [-0.15, -0.1) is 0 Å². The molecule has 20 heavy (non-hydrogen) atoms. The van der Waals surface area contributed by atoms with Gasteiger partial charge in [-0.25, -0.2) is 0 Å². The molecule has 0 bridgehead atoms. The highest BCUT2D eigenvalue weighted by molar-refractivity contribution is 6.33. The molecule has 0 aromatic heterocycles. The minimum atomic E-state index is -0.437. The third-order valence-corrected chi connectivity index (χ3v) is 4.57. The van der Waals surface area contributed by atoms with Crippen molar-refractivity contribution < 1.29 is 4.92 Å². The van der Waals surface area contributed by atoms with E-state index in [1.165, 1.54) is 25.0 Å². The highest BCUT2D eigenvalue weighted by Gasteiger charge is 2.35. The van der Waals surface area contributed by atoms with E-state index in [1.807, 2.05) is 0 Å². The molecule has 1 aliphatic carbocycles. The quantitative estimate of drug-likeness (QED) is 0.667. The van der Waals surface area contributed by atoms with Crippen molar-refractivity contribution in [3.8, 4) is 0 Å². The van der Waals surface area contributed by atoms with E-state index in [0.29, 0.717) is 5.02 Å². The first-order valence-electron chi connectivity index (χ1n) is 6.80. The molecule has 5 nitrogen and oxygen atoms in total. The third-order valence-electron chi connectivity index (χ3n) is 4.25. The average Bonchev–Trinajstić information content (AvgIpc) is 2.87. The molecule has 1 aliphatic rings. The van der Waals surface area contributed by atoms with E-state index in [9.17, 15) is 10.1 Å². The molecule has 0 spiro atoms. The Morgan fingerprint density at radius 1 is 1.40 bits per heavy atom. The first-order valence-corrected chi connectivity index (χ1v) is 7.18. The van der Waals surface area contributed by atoms with Gasteiger partial charge in [0.15, 0.2) is 0 Å². The number of nitro groups is 1. The van der Waals surface area contributed by atoms with Crippen LogP contribution in [-0.4, -0.2) is 36.0 Å². The fraction of sp³-hybridized carbons (Fsp3) is 0.571. The van der Waals surface area contributed by atoms with E-state index in [1.54, 1.807) is 6.07 Å². The van der Waals surface area contributed by atoms with Gasteiger partial charge in [0, 0.05) is 24.2 Å². The molecule has 1 saturated carbocycles. The second-order valence-corrected chi connectivity index (χ2v) is 6.01. The first kappa shape index (κ1) is 15.1. The molecule has 0 atom stereocenters. The second-order valence-electron chi connectivity index (χ2n) is 5.60. The van der Waals surface area contributed by atoms with Gasteiger partial charge in [0.2, 0.25) is 0 Å². The SMILES string of the molecule is CN(C)C1(CNc2ccc([N+](=O)[O-])cc2Cl)CCCC1. The van der Waals surface area contributed by atoms with E-state index in [4.69, 9.17) is 11.6 Å². The number of hydrogen-bond donors (Lipinski definition) is 1. The number of likely N-dealkylation sites (N-methyl/N-ethyl adjacent to an activating group) is 1. The normalized spacial score (nSPS) is 17.4. The Hall–Kier alpha value is -1.33. The summed E-state index contributed by atoms with van der Waals surface area (Å²) in [6.45, 7) is 0.803. The molecule has 0 heterocycles. The van der Waals surface area contributed by atoms with Crippen molar-refractivity contribution in [1.29, 1.82) is 0 Å². The van der Waals surface area contributed by atoms with E-state index >= 15 is 0 Å². The Labute approximate surface area is 124 Å². The van der Waals surface area contributed by atoms with Gasteiger partial charge in [-0.1, -0.05) is 24.4 Å². The van der Waals surface area contributed by atoms with Gasteiger partial charge >= 0.3 is 0 Å². The zero-order valence-electron chi connectivity index (χ0n) is 11.9. The average molecular weight is 298 g/mol. The predicted octanol–water partition coefficient (Wildman–Crippen LogP) is 3.53. The molecular formula is C14H20ClN3O2. The van der Waals surface area contributed by atoms with Gasteiger partial charge in [-0.3, -0.25) is 10.1 Å². The molecule has 0 amide bonds. The molecule has 0 saturated heterocycles. The summed E-state index contributed by atoms with van der Waals surface area (Å²) in [5.41, 5.74) is 0.930. The van der Waals surface area contributed by atoms with Crippen molar-refractivity contribution in [3.05, 3.63) is 33.3 Å². The van der Waals surface area contributed by atoms with Crippen molar-refractivity contribution >= 4 is 23.0 Å². The molecule has 0 aliphatic heterocycles. The fourth-order valence-corrected chi connectivity index (χ4v) is 3.08. The van der Waals surface area contributed by atoms with Crippen LogP contribution in [0.2, 0.25) is 5.02 Å². The second kappa shape index (κ2) is 5.97. The van der Waals surface area contributed by atoms with Crippen LogP contribution in [0, 0.1) is 10.1 Å². The van der Waals surface area contributed by atoms with Crippen molar-refractivity contribution in [3.63, 3.8) is 0 Å². The lowest BCUT2D eigenvalue weighted by molar-refractivity contribution is -0.384. The van der Waals surface area contributed by atoms with Gasteiger partial charge in [0.05, 0.1) is 15.6 Å². The van der Waals surface area contributed by atoms with Gasteiger partial charge in [-0.2, -0.15) is 0 Å². The summed E-state index contributed by atoms with van der Waals surface area (Å²) in [4.78, 5) is 12.5. The summed E-state index contributed by atoms with van der Waals surface area (Å²) in [6.07, 6.45) is 4.82. The maximum absolute atomic E-state index is 10.7. The molecule has 2 rings (SSSR count). The van der Waals surface area contributed by atoms with Gasteiger partial charge in [0.1, 0.15) is 0 Å². The molecule has 1 aromatic rings. The molecule has 110 valence electrons. The van der Waals surface area contributed by atoms with Crippen LogP contribution in [0.4, 0.5) is 11.4 Å².